The minimum absolute atomic E-state index is 0.0317. The Labute approximate surface area is 142 Å². The third kappa shape index (κ3) is 6.31. The molecule has 0 aromatic carbocycles. The lowest BCUT2D eigenvalue weighted by molar-refractivity contribution is 0.102. The summed E-state index contributed by atoms with van der Waals surface area (Å²) in [6.07, 6.45) is 4.21. The molecular weight excluding hydrogens is 379 g/mol. The zero-order valence-corrected chi connectivity index (χ0v) is 14.1. The summed E-state index contributed by atoms with van der Waals surface area (Å²) in [5.74, 6) is -1.03. The molecule has 0 bridgehead atoms. The maximum atomic E-state index is 12.5. The number of nitrogens with zero attached hydrogens (tertiary/aromatic N) is 2. The van der Waals surface area contributed by atoms with Crippen LogP contribution in [-0.4, -0.2) is 39.0 Å². The number of rotatable bonds is 6. The van der Waals surface area contributed by atoms with Crippen LogP contribution in [-0.2, 0) is 20.5 Å². The largest absolute Gasteiger partial charge is 0.488 e. The molecule has 0 spiro atoms. The molecular formula is C12H11FN4O6S2. The van der Waals surface area contributed by atoms with Gasteiger partial charge < -0.3 is 9.50 Å². The van der Waals surface area contributed by atoms with Crippen molar-refractivity contribution < 1.29 is 29.7 Å². The summed E-state index contributed by atoms with van der Waals surface area (Å²) < 4.78 is 61.6. The highest BCUT2D eigenvalue weighted by atomic mass is 32.3. The number of aromatic nitrogens is 2. The minimum atomic E-state index is -5.21. The summed E-state index contributed by atoms with van der Waals surface area (Å²) >= 11 is 0. The van der Waals surface area contributed by atoms with Gasteiger partial charge in [-0.3, -0.25) is 14.5 Å². The van der Waals surface area contributed by atoms with Crippen LogP contribution >= 0.6 is 0 Å². The highest BCUT2D eigenvalue weighted by Gasteiger charge is 2.12. The van der Waals surface area contributed by atoms with Crippen LogP contribution < -0.4 is 14.2 Å². The number of nitrogens with one attached hydrogen (secondary N) is 2. The van der Waals surface area contributed by atoms with Crippen molar-refractivity contribution in [1.29, 1.82) is 0 Å². The van der Waals surface area contributed by atoms with E-state index >= 15 is 0 Å². The molecule has 0 saturated carbocycles. The second kappa shape index (κ2) is 6.98. The molecule has 0 atom stereocenters. The zero-order chi connectivity index (χ0) is 18.7. The lowest BCUT2D eigenvalue weighted by Gasteiger charge is -2.07. The first-order valence-corrected chi connectivity index (χ1v) is 9.56. The summed E-state index contributed by atoms with van der Waals surface area (Å²) in [4.78, 5) is 19.4. The summed E-state index contributed by atoms with van der Waals surface area (Å²) in [5, 5.41) is 2.37. The standard InChI is InChI=1S/C12H11FN4O6S2/c1-24(19,20)17-11-3-2-8(5-15-11)12(18)16-9-4-10(7-14-6-9)23-25(13,21)22/h2-7H,1H3,(H,15,17)(H,16,18). The Morgan fingerprint density at radius 3 is 2.44 bits per heavy atom. The van der Waals surface area contributed by atoms with Gasteiger partial charge in [-0.2, -0.15) is 8.42 Å². The van der Waals surface area contributed by atoms with E-state index in [0.717, 1.165) is 24.7 Å². The third-order valence-electron chi connectivity index (χ3n) is 2.48. The Bertz CT molecular complexity index is 993. The van der Waals surface area contributed by atoms with Gasteiger partial charge in [0.15, 0.2) is 5.75 Å². The summed E-state index contributed by atoms with van der Waals surface area (Å²) in [7, 11) is -8.71. The number of carbonyl (C=O) groups is 1. The molecule has 0 aliphatic carbocycles. The minimum Gasteiger partial charge on any atom is -0.357 e. The van der Waals surface area contributed by atoms with Crippen molar-refractivity contribution in [2.24, 2.45) is 0 Å². The van der Waals surface area contributed by atoms with Crippen LogP contribution in [0.1, 0.15) is 10.4 Å². The lowest BCUT2D eigenvalue weighted by Crippen LogP contribution is -2.14. The first-order valence-electron chi connectivity index (χ1n) is 6.36. The van der Waals surface area contributed by atoms with Crippen LogP contribution in [0.5, 0.6) is 5.75 Å². The number of hydrogen-bond acceptors (Lipinski definition) is 8. The number of pyridine rings is 2. The lowest BCUT2D eigenvalue weighted by atomic mass is 10.2. The van der Waals surface area contributed by atoms with Gasteiger partial charge in [0, 0.05) is 12.3 Å². The van der Waals surface area contributed by atoms with E-state index < -0.39 is 32.2 Å². The van der Waals surface area contributed by atoms with Crippen LogP contribution in [0.15, 0.2) is 36.8 Å². The normalized spacial score (nSPS) is 11.6. The predicted molar refractivity (Wildman–Crippen MR) is 85.5 cm³/mol. The Morgan fingerprint density at radius 2 is 1.88 bits per heavy atom. The molecule has 0 radical (unpaired) electrons. The van der Waals surface area contributed by atoms with Gasteiger partial charge in [0.2, 0.25) is 10.0 Å². The molecule has 2 aromatic heterocycles. The van der Waals surface area contributed by atoms with Crippen LogP contribution in [0.4, 0.5) is 15.4 Å². The van der Waals surface area contributed by atoms with Crippen molar-refractivity contribution in [3.8, 4) is 5.75 Å². The van der Waals surface area contributed by atoms with Crippen LogP contribution in [0.3, 0.4) is 0 Å². The van der Waals surface area contributed by atoms with Crippen molar-refractivity contribution in [1.82, 2.24) is 9.97 Å². The molecule has 134 valence electrons. The topological polar surface area (TPSA) is 144 Å². The van der Waals surface area contributed by atoms with Gasteiger partial charge in [0.1, 0.15) is 5.82 Å². The van der Waals surface area contributed by atoms with Crippen LogP contribution in [0.2, 0.25) is 0 Å². The average Bonchev–Trinajstić information content (AvgIpc) is 2.44. The zero-order valence-electron chi connectivity index (χ0n) is 12.5. The van der Waals surface area contributed by atoms with E-state index in [1.165, 1.54) is 18.3 Å². The van der Waals surface area contributed by atoms with Gasteiger partial charge in [-0.15, -0.1) is 0 Å². The molecule has 0 unspecified atom stereocenters. The molecule has 13 heteroatoms. The summed E-state index contributed by atoms with van der Waals surface area (Å²) in [6.45, 7) is 0. The number of amides is 1. The quantitative estimate of drug-likeness (QED) is 0.686. The monoisotopic (exact) mass is 390 g/mol. The van der Waals surface area contributed by atoms with Crippen molar-refractivity contribution >= 4 is 37.9 Å². The van der Waals surface area contributed by atoms with Crippen molar-refractivity contribution in [2.75, 3.05) is 16.3 Å². The predicted octanol–water partition coefficient (Wildman–Crippen LogP) is 0.694. The van der Waals surface area contributed by atoms with E-state index in [1.807, 2.05) is 0 Å². The van der Waals surface area contributed by atoms with E-state index in [4.69, 9.17) is 0 Å². The first kappa shape index (κ1) is 18.5. The molecule has 0 saturated heterocycles. The maximum Gasteiger partial charge on any atom is 0.488 e. The highest BCUT2D eigenvalue weighted by molar-refractivity contribution is 7.92. The van der Waals surface area contributed by atoms with Gasteiger partial charge in [-0.25, -0.2) is 13.4 Å². The maximum absolute atomic E-state index is 12.5. The fourth-order valence-electron chi connectivity index (χ4n) is 1.63. The van der Waals surface area contributed by atoms with Crippen molar-refractivity contribution in [2.45, 2.75) is 0 Å². The number of hydrogen-bond donors (Lipinski definition) is 2. The molecule has 2 N–H and O–H groups in total. The molecule has 0 aliphatic rings. The fourth-order valence-corrected chi connectivity index (χ4v) is 2.45. The Balaban J connectivity index is 2.10. The molecule has 2 heterocycles. The molecule has 2 rings (SSSR count). The smallest absolute Gasteiger partial charge is 0.357 e. The number of halogens is 1. The SMILES string of the molecule is CS(=O)(=O)Nc1ccc(C(=O)Nc2cncc(OS(=O)(=O)F)c2)cn1. The number of carbonyl (C=O) groups excluding carboxylic acids is 1. The molecule has 10 nitrogen and oxygen atoms in total. The second-order valence-electron chi connectivity index (χ2n) is 4.65. The number of sulfonamides is 1. The van der Waals surface area contributed by atoms with Gasteiger partial charge in [-0.05, 0) is 12.1 Å². The first-order chi connectivity index (χ1) is 11.5. The molecule has 25 heavy (non-hydrogen) atoms. The van der Waals surface area contributed by atoms with Gasteiger partial charge in [0.25, 0.3) is 5.91 Å². The second-order valence-corrected chi connectivity index (χ2v) is 7.35. The summed E-state index contributed by atoms with van der Waals surface area (Å²) in [5.41, 5.74) is 0.132. The Hall–Kier alpha value is -2.80. The van der Waals surface area contributed by atoms with E-state index in [1.54, 1.807) is 0 Å². The van der Waals surface area contributed by atoms with E-state index in [2.05, 4.69) is 24.2 Å². The Morgan fingerprint density at radius 1 is 1.16 bits per heavy atom. The van der Waals surface area contributed by atoms with Crippen LogP contribution in [0, 0.1) is 0 Å². The van der Waals surface area contributed by atoms with E-state index in [0.29, 0.717) is 0 Å². The molecule has 1 amide bonds. The van der Waals surface area contributed by atoms with E-state index in [-0.39, 0.29) is 17.1 Å². The Kier molecular flexibility index (Phi) is 5.18. The fraction of sp³-hybridized carbons (Fsp3) is 0.0833. The average molecular weight is 390 g/mol. The molecule has 0 aliphatic heterocycles. The highest BCUT2D eigenvalue weighted by Crippen LogP contribution is 2.18. The van der Waals surface area contributed by atoms with Crippen molar-refractivity contribution in [3.05, 3.63) is 42.4 Å². The van der Waals surface area contributed by atoms with Gasteiger partial charge in [-0.1, -0.05) is 3.89 Å². The van der Waals surface area contributed by atoms with Gasteiger partial charge >= 0.3 is 10.5 Å². The van der Waals surface area contributed by atoms with Crippen molar-refractivity contribution in [3.63, 3.8) is 0 Å². The van der Waals surface area contributed by atoms with Gasteiger partial charge in [0.05, 0.1) is 29.9 Å². The van der Waals surface area contributed by atoms with Crippen LogP contribution in [0.25, 0.3) is 0 Å². The summed E-state index contributed by atoms with van der Waals surface area (Å²) in [6, 6.07) is 3.65. The van der Waals surface area contributed by atoms with E-state index in [9.17, 15) is 25.5 Å². The molecule has 2 aromatic rings. The molecule has 0 fully saturated rings. The number of anilines is 2. The third-order valence-corrected chi connectivity index (χ3v) is 3.45.